The Morgan fingerprint density at radius 1 is 1.34 bits per heavy atom. The number of hydrogen-bond acceptors (Lipinski definition) is 7. The predicted octanol–water partition coefficient (Wildman–Crippen LogP) is 2.12. The average Bonchev–Trinajstić information content (AvgIpc) is 2.77. The predicted molar refractivity (Wildman–Crippen MR) is 132 cm³/mol. The Kier molecular flexibility index (Phi) is 7.53. The van der Waals surface area contributed by atoms with E-state index >= 15 is 0 Å². The van der Waals surface area contributed by atoms with E-state index in [4.69, 9.17) is 16.2 Å². The highest BCUT2D eigenvalue weighted by molar-refractivity contribution is 5.97. The summed E-state index contributed by atoms with van der Waals surface area (Å²) in [5, 5.41) is 5.70. The van der Waals surface area contributed by atoms with Crippen LogP contribution in [0.1, 0.15) is 32.2 Å². The highest BCUT2D eigenvalue weighted by atomic mass is 19.1. The lowest BCUT2D eigenvalue weighted by Crippen LogP contribution is -2.32. The Morgan fingerprint density at radius 2 is 2.09 bits per heavy atom. The third-order valence-corrected chi connectivity index (χ3v) is 4.98. The largest absolute Gasteiger partial charge is 0.455 e. The first-order valence-electron chi connectivity index (χ1n) is 10.9. The van der Waals surface area contributed by atoms with Crippen molar-refractivity contribution in [1.82, 2.24) is 15.6 Å². The molecule has 0 spiro atoms. The van der Waals surface area contributed by atoms with Gasteiger partial charge in [-0.25, -0.2) is 4.39 Å². The summed E-state index contributed by atoms with van der Waals surface area (Å²) in [6, 6.07) is 2.87. The van der Waals surface area contributed by atoms with Crippen LogP contribution in [-0.2, 0) is 16.0 Å². The number of nitrogens with zero attached hydrogens (tertiary/aromatic N) is 2. The second-order valence-electron chi connectivity index (χ2n) is 9.00. The number of fused-ring (bicyclic) bond motifs is 1. The Bertz CT molecular complexity index is 1220. The molecule has 0 saturated heterocycles. The minimum absolute atomic E-state index is 0.0242. The van der Waals surface area contributed by atoms with Crippen LogP contribution < -0.4 is 26.8 Å². The van der Waals surface area contributed by atoms with E-state index in [1.54, 1.807) is 31.3 Å². The van der Waals surface area contributed by atoms with Crippen LogP contribution in [0.15, 0.2) is 76.2 Å². The van der Waals surface area contributed by atoms with Gasteiger partial charge in [0.15, 0.2) is 0 Å². The van der Waals surface area contributed by atoms with E-state index in [1.807, 2.05) is 20.8 Å². The molecule has 1 aromatic rings. The molecular weight excluding hydrogens is 451 g/mol. The van der Waals surface area contributed by atoms with Crippen LogP contribution in [-0.4, -0.2) is 34.6 Å². The number of carbonyl (C=O) groups excluding carboxylic acids is 2. The van der Waals surface area contributed by atoms with E-state index in [9.17, 15) is 14.0 Å². The quantitative estimate of drug-likeness (QED) is 0.440. The van der Waals surface area contributed by atoms with Gasteiger partial charge in [-0.3, -0.25) is 19.6 Å². The first kappa shape index (κ1) is 25.4. The number of aromatic nitrogens is 1. The normalized spacial score (nSPS) is 18.0. The van der Waals surface area contributed by atoms with Crippen LogP contribution in [0.3, 0.4) is 0 Å². The highest BCUT2D eigenvalue weighted by Crippen LogP contribution is 2.30. The zero-order chi connectivity index (χ0) is 25.8. The maximum absolute atomic E-state index is 14.1. The molecule has 9 nitrogen and oxygen atoms in total. The molecule has 184 valence electrons. The Morgan fingerprint density at radius 3 is 2.71 bits per heavy atom. The van der Waals surface area contributed by atoms with Crippen molar-refractivity contribution in [2.24, 2.45) is 16.5 Å². The molecule has 2 heterocycles. The van der Waals surface area contributed by atoms with Crippen molar-refractivity contribution in [2.45, 2.75) is 45.7 Å². The highest BCUT2D eigenvalue weighted by Gasteiger charge is 2.27. The molecule has 35 heavy (non-hydrogen) atoms. The summed E-state index contributed by atoms with van der Waals surface area (Å²) < 4.78 is 20.2. The Labute approximate surface area is 203 Å². The van der Waals surface area contributed by atoms with Gasteiger partial charge in [0.1, 0.15) is 17.3 Å². The maximum atomic E-state index is 14.1. The number of pyridine rings is 1. The summed E-state index contributed by atoms with van der Waals surface area (Å²) in [4.78, 5) is 32.8. The van der Waals surface area contributed by atoms with E-state index in [2.05, 4.69) is 20.6 Å². The Balaban J connectivity index is 1.74. The molecule has 6 N–H and O–H groups in total. The summed E-state index contributed by atoms with van der Waals surface area (Å²) >= 11 is 0. The van der Waals surface area contributed by atoms with Gasteiger partial charge in [-0.2, -0.15) is 0 Å². The zero-order valence-corrected chi connectivity index (χ0v) is 20.1. The summed E-state index contributed by atoms with van der Waals surface area (Å²) in [7, 11) is 0. The van der Waals surface area contributed by atoms with Crippen LogP contribution in [0.4, 0.5) is 4.39 Å². The molecule has 1 unspecified atom stereocenters. The van der Waals surface area contributed by atoms with E-state index in [-0.39, 0.29) is 23.4 Å². The summed E-state index contributed by atoms with van der Waals surface area (Å²) in [5.41, 5.74) is 12.4. The van der Waals surface area contributed by atoms with Crippen LogP contribution in [0, 0.1) is 6.92 Å². The van der Waals surface area contributed by atoms with Crippen molar-refractivity contribution in [3.05, 3.63) is 82.6 Å². The Hall–Kier alpha value is -4.21. The number of nitrogens with one attached hydrogen (secondary N) is 2. The molecule has 1 aliphatic carbocycles. The number of amides is 2. The van der Waals surface area contributed by atoms with E-state index < -0.39 is 17.8 Å². The van der Waals surface area contributed by atoms with Gasteiger partial charge < -0.3 is 26.8 Å². The molecule has 3 rings (SSSR count). The molecule has 1 atom stereocenters. The molecule has 1 aliphatic heterocycles. The van der Waals surface area contributed by atoms with Gasteiger partial charge in [0.05, 0.1) is 40.7 Å². The third kappa shape index (κ3) is 6.66. The molecule has 0 saturated carbocycles. The maximum Gasteiger partial charge on any atom is 0.251 e. The number of nitrogens with two attached hydrogens (primary N) is 2. The number of allylic oxidation sites excluding steroid dienone is 2. The van der Waals surface area contributed by atoms with Crippen molar-refractivity contribution >= 4 is 18.0 Å². The number of ether oxygens (including phenoxy) is 1. The van der Waals surface area contributed by atoms with Gasteiger partial charge in [-0.05, 0) is 58.1 Å². The molecule has 0 radical (unpaired) electrons. The summed E-state index contributed by atoms with van der Waals surface area (Å²) in [6.45, 7) is 7.55. The number of aryl methyl sites for hydroxylation is 1. The molecule has 0 fully saturated rings. The van der Waals surface area contributed by atoms with Gasteiger partial charge >= 0.3 is 0 Å². The van der Waals surface area contributed by atoms with Gasteiger partial charge in [0.2, 0.25) is 5.91 Å². The minimum atomic E-state index is -0.864. The fraction of sp³-hybridized carbons (Fsp3) is 0.280. The lowest BCUT2D eigenvalue weighted by Gasteiger charge is -2.26. The number of aliphatic imine (C=N–C) groups is 1. The van der Waals surface area contributed by atoms with Crippen LogP contribution in [0.25, 0.3) is 0 Å². The summed E-state index contributed by atoms with van der Waals surface area (Å²) in [5.74, 6) is -0.979. The molecule has 1 aromatic heterocycles. The number of carbonyl (C=O) groups is 2. The smallest absolute Gasteiger partial charge is 0.251 e. The number of rotatable bonds is 7. The van der Waals surface area contributed by atoms with Crippen molar-refractivity contribution in [1.29, 1.82) is 0 Å². The van der Waals surface area contributed by atoms with E-state index in [0.717, 1.165) is 0 Å². The first-order chi connectivity index (χ1) is 16.5. The number of primary amides is 1. The standard InChI is InChI=1S/C25H29FN6O3/c1-14-21(35-22-7-8-29-20-11-19(26)17(24(28)34)10-18(20)22)6-5-15(31-14)9-23(33)32-16(12-27)13-30-25(2,3)4/h5-8,10-13,20,29H,9,27H2,1-4H3,(H2,28,34)(H,32,33)/b16-12+,30-13?. The first-order valence-corrected chi connectivity index (χ1v) is 10.9. The van der Waals surface area contributed by atoms with Crippen LogP contribution in [0.5, 0.6) is 5.75 Å². The SMILES string of the molecule is Cc1nc(CC(=O)N/C(C=NC(C)(C)C)=C/N)ccc1OC1=C2C=C(C(N)=O)C(F)=CC2NC=C1. The minimum Gasteiger partial charge on any atom is -0.455 e. The molecule has 2 amide bonds. The summed E-state index contributed by atoms with van der Waals surface area (Å²) in [6.07, 6.45) is 8.76. The molecule has 10 heteroatoms. The van der Waals surface area contributed by atoms with Gasteiger partial charge in [-0.15, -0.1) is 0 Å². The lowest BCUT2D eigenvalue weighted by molar-refractivity contribution is -0.119. The number of dihydropyridines is 1. The van der Waals surface area contributed by atoms with Crippen molar-refractivity contribution < 1.29 is 18.7 Å². The average molecular weight is 481 g/mol. The second kappa shape index (κ2) is 10.4. The number of hydrogen-bond donors (Lipinski definition) is 4. The van der Waals surface area contributed by atoms with Gasteiger partial charge in [0.25, 0.3) is 5.91 Å². The van der Waals surface area contributed by atoms with Gasteiger partial charge in [-0.1, -0.05) is 0 Å². The second-order valence-corrected chi connectivity index (χ2v) is 9.00. The topological polar surface area (TPSA) is 145 Å². The molecular formula is C25H29FN6O3. The van der Waals surface area contributed by atoms with Gasteiger partial charge in [0, 0.05) is 24.2 Å². The van der Waals surface area contributed by atoms with Crippen molar-refractivity contribution in [2.75, 3.05) is 0 Å². The molecule has 2 aliphatic rings. The fourth-order valence-electron chi connectivity index (χ4n) is 3.28. The lowest BCUT2D eigenvalue weighted by atomic mass is 9.93. The molecule has 0 bridgehead atoms. The number of halogens is 1. The van der Waals surface area contributed by atoms with E-state index in [0.29, 0.717) is 34.2 Å². The van der Waals surface area contributed by atoms with Crippen molar-refractivity contribution in [3.8, 4) is 5.75 Å². The van der Waals surface area contributed by atoms with E-state index in [1.165, 1.54) is 24.6 Å². The zero-order valence-electron chi connectivity index (χ0n) is 20.1. The third-order valence-electron chi connectivity index (χ3n) is 4.98. The molecule has 0 aromatic carbocycles. The van der Waals surface area contributed by atoms with Crippen LogP contribution in [0.2, 0.25) is 0 Å². The van der Waals surface area contributed by atoms with Crippen molar-refractivity contribution in [3.63, 3.8) is 0 Å². The van der Waals surface area contributed by atoms with Crippen LogP contribution >= 0.6 is 0 Å². The monoisotopic (exact) mass is 480 g/mol. The fourth-order valence-corrected chi connectivity index (χ4v) is 3.28.